The maximum atomic E-state index is 13.3. The summed E-state index contributed by atoms with van der Waals surface area (Å²) in [5, 5.41) is 0. The second kappa shape index (κ2) is 7.55. The summed E-state index contributed by atoms with van der Waals surface area (Å²) in [7, 11) is 3.17. The molecule has 7 nitrogen and oxygen atoms in total. The Morgan fingerprint density at radius 1 is 1.04 bits per heavy atom. The topological polar surface area (TPSA) is 70.2 Å². The molecule has 0 spiro atoms. The lowest BCUT2D eigenvalue weighted by Gasteiger charge is -2.22. The number of nitrogens with zero attached hydrogens (tertiary/aromatic N) is 3. The molecule has 0 aromatic heterocycles. The number of halogens is 1. The van der Waals surface area contributed by atoms with Crippen LogP contribution in [0.4, 0.5) is 14.9 Å². The molecule has 27 heavy (non-hydrogen) atoms. The van der Waals surface area contributed by atoms with Crippen molar-refractivity contribution in [3.05, 3.63) is 59.9 Å². The summed E-state index contributed by atoms with van der Waals surface area (Å²) in [6, 6.07) is 11.6. The normalized spacial score (nSPS) is 14.4. The molecule has 0 radical (unpaired) electrons. The van der Waals surface area contributed by atoms with Crippen molar-refractivity contribution in [2.75, 3.05) is 25.7 Å². The molecule has 4 amide bonds. The van der Waals surface area contributed by atoms with E-state index in [1.165, 1.54) is 31.4 Å². The van der Waals surface area contributed by atoms with Crippen molar-refractivity contribution in [1.29, 1.82) is 0 Å². The number of imide groups is 2. The maximum Gasteiger partial charge on any atom is 0.340 e. The zero-order valence-electron chi connectivity index (χ0n) is 14.9. The van der Waals surface area contributed by atoms with Gasteiger partial charge in [0, 0.05) is 6.54 Å². The lowest BCUT2D eigenvalue weighted by molar-refractivity contribution is -0.140. The maximum absolute atomic E-state index is 13.3. The quantitative estimate of drug-likeness (QED) is 0.575. The highest BCUT2D eigenvalue weighted by atomic mass is 19.1. The fourth-order valence-corrected chi connectivity index (χ4v) is 2.83. The van der Waals surface area contributed by atoms with Gasteiger partial charge < -0.3 is 4.74 Å². The van der Waals surface area contributed by atoms with Gasteiger partial charge in [0.1, 0.15) is 11.6 Å². The molecule has 2 aromatic rings. The predicted molar refractivity (Wildman–Crippen MR) is 95.5 cm³/mol. The number of hydrogen-bond acceptors (Lipinski definition) is 5. The first-order chi connectivity index (χ1) is 12.9. The fourth-order valence-electron chi connectivity index (χ4n) is 2.83. The fraction of sp³-hybridized carbons (Fsp3) is 0.211. The summed E-state index contributed by atoms with van der Waals surface area (Å²) in [4.78, 5) is 40.5. The molecule has 0 bridgehead atoms. The highest BCUT2D eigenvalue weighted by Gasteiger charge is 2.45. The number of rotatable bonds is 6. The van der Waals surface area contributed by atoms with E-state index in [-0.39, 0.29) is 18.2 Å². The average molecular weight is 371 g/mol. The minimum atomic E-state index is -0.913. The third kappa shape index (κ3) is 3.80. The van der Waals surface area contributed by atoms with Crippen molar-refractivity contribution in [2.24, 2.45) is 0 Å². The summed E-state index contributed by atoms with van der Waals surface area (Å²) in [6.07, 6.45) is 0. The van der Waals surface area contributed by atoms with Crippen molar-refractivity contribution in [1.82, 2.24) is 9.80 Å². The standard InChI is InChI=1S/C19H18FN3O4/c1-21(11-13-4-3-5-14(20)10-13)12-22-17(24)18(25)23(19(22)26)15-6-8-16(27-2)9-7-15/h3-10H,11-12H2,1-2H3. The number of benzene rings is 2. The monoisotopic (exact) mass is 371 g/mol. The van der Waals surface area contributed by atoms with Gasteiger partial charge in [-0.1, -0.05) is 12.1 Å². The van der Waals surface area contributed by atoms with Crippen LogP contribution in [0, 0.1) is 5.82 Å². The van der Waals surface area contributed by atoms with E-state index < -0.39 is 17.8 Å². The smallest absolute Gasteiger partial charge is 0.340 e. The molecule has 140 valence electrons. The number of amides is 4. The predicted octanol–water partition coefficient (Wildman–Crippen LogP) is 2.22. The Kier molecular flexibility index (Phi) is 5.18. The van der Waals surface area contributed by atoms with Gasteiger partial charge in [-0.2, -0.15) is 0 Å². The van der Waals surface area contributed by atoms with Gasteiger partial charge in [0.2, 0.25) is 0 Å². The van der Waals surface area contributed by atoms with E-state index in [0.717, 1.165) is 9.80 Å². The van der Waals surface area contributed by atoms with Crippen LogP contribution in [0.25, 0.3) is 0 Å². The van der Waals surface area contributed by atoms with Gasteiger partial charge in [0.25, 0.3) is 0 Å². The van der Waals surface area contributed by atoms with Crippen LogP contribution in [-0.4, -0.2) is 48.5 Å². The second-order valence-corrected chi connectivity index (χ2v) is 6.14. The zero-order valence-corrected chi connectivity index (χ0v) is 14.9. The molecule has 3 rings (SSSR count). The summed E-state index contributed by atoms with van der Waals surface area (Å²) in [5.74, 6) is -1.61. The van der Waals surface area contributed by atoms with Gasteiger partial charge >= 0.3 is 17.8 Å². The largest absolute Gasteiger partial charge is 0.497 e. The Hall–Kier alpha value is -3.26. The Morgan fingerprint density at radius 3 is 2.37 bits per heavy atom. The van der Waals surface area contributed by atoms with E-state index >= 15 is 0 Å². The molecule has 0 unspecified atom stereocenters. The van der Waals surface area contributed by atoms with Crippen molar-refractivity contribution in [3.8, 4) is 5.75 Å². The number of ether oxygens (including phenoxy) is 1. The van der Waals surface area contributed by atoms with Crippen LogP contribution in [0.5, 0.6) is 5.75 Å². The van der Waals surface area contributed by atoms with Crippen molar-refractivity contribution in [3.63, 3.8) is 0 Å². The lowest BCUT2D eigenvalue weighted by Crippen LogP contribution is -2.40. The molecule has 1 aliphatic heterocycles. The molecular formula is C19H18FN3O4. The summed E-state index contributed by atoms with van der Waals surface area (Å²) in [5.41, 5.74) is 0.976. The third-order valence-electron chi connectivity index (χ3n) is 4.11. The first kappa shape index (κ1) is 18.5. The highest BCUT2D eigenvalue weighted by Crippen LogP contribution is 2.24. The molecular weight excluding hydrogens is 353 g/mol. The highest BCUT2D eigenvalue weighted by molar-refractivity contribution is 6.52. The van der Waals surface area contributed by atoms with Crippen LogP contribution in [0.15, 0.2) is 48.5 Å². The molecule has 1 saturated heterocycles. The first-order valence-corrected chi connectivity index (χ1v) is 8.17. The molecule has 1 aliphatic rings. The van der Waals surface area contributed by atoms with Crippen LogP contribution in [0.3, 0.4) is 0 Å². The van der Waals surface area contributed by atoms with Crippen LogP contribution < -0.4 is 9.64 Å². The Bertz CT molecular complexity index is 885. The van der Waals surface area contributed by atoms with Crippen molar-refractivity contribution < 1.29 is 23.5 Å². The summed E-state index contributed by atoms with van der Waals surface area (Å²) >= 11 is 0. The van der Waals surface area contributed by atoms with Crippen LogP contribution >= 0.6 is 0 Å². The molecule has 1 fully saturated rings. The zero-order chi connectivity index (χ0) is 19.6. The van der Waals surface area contributed by atoms with Crippen molar-refractivity contribution in [2.45, 2.75) is 6.54 Å². The number of anilines is 1. The van der Waals surface area contributed by atoms with E-state index in [9.17, 15) is 18.8 Å². The van der Waals surface area contributed by atoms with Gasteiger partial charge in [-0.3, -0.25) is 14.5 Å². The molecule has 2 aromatic carbocycles. The average Bonchev–Trinajstić information content (AvgIpc) is 2.85. The SMILES string of the molecule is COc1ccc(N2C(=O)C(=O)N(CN(C)Cc3cccc(F)c3)C2=O)cc1. The third-order valence-corrected chi connectivity index (χ3v) is 4.11. The molecule has 0 saturated carbocycles. The molecule has 0 N–H and O–H groups in total. The van der Waals surface area contributed by atoms with E-state index in [1.54, 1.807) is 36.2 Å². The van der Waals surface area contributed by atoms with Crippen molar-refractivity contribution >= 4 is 23.5 Å². The molecule has 0 atom stereocenters. The van der Waals surface area contributed by atoms with Gasteiger partial charge in [0.15, 0.2) is 0 Å². The second-order valence-electron chi connectivity index (χ2n) is 6.14. The first-order valence-electron chi connectivity index (χ1n) is 8.17. The van der Waals surface area contributed by atoms with Gasteiger partial charge in [-0.25, -0.2) is 19.0 Å². The lowest BCUT2D eigenvalue weighted by atomic mass is 10.2. The minimum absolute atomic E-state index is 0.0907. The number of carbonyl (C=O) groups excluding carboxylic acids is 3. The molecule has 1 heterocycles. The number of carbonyl (C=O) groups is 3. The summed E-state index contributed by atoms with van der Waals surface area (Å²) < 4.78 is 18.3. The van der Waals surface area contributed by atoms with Crippen LogP contribution in [0.2, 0.25) is 0 Å². The van der Waals surface area contributed by atoms with E-state index in [0.29, 0.717) is 17.9 Å². The number of urea groups is 1. The molecule has 0 aliphatic carbocycles. The van der Waals surface area contributed by atoms with Gasteiger partial charge in [-0.15, -0.1) is 0 Å². The van der Waals surface area contributed by atoms with Gasteiger partial charge in [0.05, 0.1) is 19.5 Å². The van der Waals surface area contributed by atoms with E-state index in [2.05, 4.69) is 0 Å². The minimum Gasteiger partial charge on any atom is -0.497 e. The van der Waals surface area contributed by atoms with Crippen LogP contribution in [-0.2, 0) is 16.1 Å². The van der Waals surface area contributed by atoms with E-state index in [1.807, 2.05) is 0 Å². The Labute approximate surface area is 155 Å². The summed E-state index contributed by atoms with van der Waals surface area (Å²) in [6.45, 7) is 0.220. The van der Waals surface area contributed by atoms with Gasteiger partial charge in [-0.05, 0) is 49.0 Å². The molecule has 8 heteroatoms. The van der Waals surface area contributed by atoms with Crippen LogP contribution in [0.1, 0.15) is 5.56 Å². The number of methoxy groups -OCH3 is 1. The number of hydrogen-bond donors (Lipinski definition) is 0. The Balaban J connectivity index is 1.73. The Morgan fingerprint density at radius 2 is 1.74 bits per heavy atom. The van der Waals surface area contributed by atoms with E-state index in [4.69, 9.17) is 4.74 Å².